The van der Waals surface area contributed by atoms with Crippen LogP contribution in [0.4, 0.5) is 0 Å². The predicted octanol–water partition coefficient (Wildman–Crippen LogP) is 1.83. The zero-order valence-corrected chi connectivity index (χ0v) is 12.6. The third-order valence-electron chi connectivity index (χ3n) is 3.48. The van der Waals surface area contributed by atoms with Crippen molar-refractivity contribution in [2.24, 2.45) is 0 Å². The Labute approximate surface area is 131 Å². The molecule has 1 fully saturated rings. The van der Waals surface area contributed by atoms with E-state index in [1.165, 1.54) is 16.4 Å². The highest BCUT2D eigenvalue weighted by molar-refractivity contribution is 7.98. The first-order valence-electron chi connectivity index (χ1n) is 6.92. The first-order chi connectivity index (χ1) is 10.6. The number of benzene rings is 1. The standard InChI is InChI=1S/C14H16N4O3S/c15-18-12(11-2-1-7-21-11)16-17-14(18)22-8-9-3-5-10(6-4-9)13(19)20/h3-6,11H,1-2,7-8,15H2,(H,19,20). The number of nitrogens with two attached hydrogens (primary N) is 1. The van der Waals surface area contributed by atoms with Crippen LogP contribution in [-0.2, 0) is 10.5 Å². The molecule has 0 bridgehead atoms. The van der Waals surface area contributed by atoms with Gasteiger partial charge in [0.25, 0.3) is 0 Å². The summed E-state index contributed by atoms with van der Waals surface area (Å²) in [5, 5.41) is 17.7. The number of rotatable bonds is 5. The van der Waals surface area contributed by atoms with Crippen LogP contribution >= 0.6 is 11.8 Å². The molecule has 3 N–H and O–H groups in total. The largest absolute Gasteiger partial charge is 0.478 e. The molecular weight excluding hydrogens is 304 g/mol. The van der Waals surface area contributed by atoms with E-state index < -0.39 is 5.97 Å². The van der Waals surface area contributed by atoms with Gasteiger partial charge >= 0.3 is 5.97 Å². The lowest BCUT2D eigenvalue weighted by atomic mass is 10.1. The summed E-state index contributed by atoms with van der Waals surface area (Å²) in [4.78, 5) is 10.8. The number of nitrogens with zero attached hydrogens (tertiary/aromatic N) is 3. The highest BCUT2D eigenvalue weighted by Gasteiger charge is 2.24. The van der Waals surface area contributed by atoms with Gasteiger partial charge in [0, 0.05) is 12.4 Å². The summed E-state index contributed by atoms with van der Waals surface area (Å²) >= 11 is 1.46. The summed E-state index contributed by atoms with van der Waals surface area (Å²) < 4.78 is 7.04. The minimum atomic E-state index is -0.929. The van der Waals surface area contributed by atoms with Gasteiger partial charge in [0.15, 0.2) is 5.82 Å². The van der Waals surface area contributed by atoms with E-state index in [1.54, 1.807) is 24.3 Å². The fourth-order valence-electron chi connectivity index (χ4n) is 2.28. The van der Waals surface area contributed by atoms with Crippen LogP contribution in [0.1, 0.15) is 40.7 Å². The summed E-state index contributed by atoms with van der Waals surface area (Å²) in [6, 6.07) is 6.75. The second-order valence-electron chi connectivity index (χ2n) is 5.00. The average molecular weight is 320 g/mol. The molecule has 8 heteroatoms. The van der Waals surface area contributed by atoms with E-state index in [1.807, 2.05) is 0 Å². The molecule has 1 unspecified atom stereocenters. The van der Waals surface area contributed by atoms with Gasteiger partial charge in [0.2, 0.25) is 5.16 Å². The molecule has 0 amide bonds. The van der Waals surface area contributed by atoms with Crippen molar-refractivity contribution in [3.05, 3.63) is 41.2 Å². The summed E-state index contributed by atoms with van der Waals surface area (Å²) in [7, 11) is 0. The maximum Gasteiger partial charge on any atom is 0.335 e. The maximum absolute atomic E-state index is 10.8. The van der Waals surface area contributed by atoms with Crippen molar-refractivity contribution >= 4 is 17.7 Å². The molecule has 1 aliphatic heterocycles. The van der Waals surface area contributed by atoms with Gasteiger partial charge in [-0.3, -0.25) is 0 Å². The topological polar surface area (TPSA) is 103 Å². The van der Waals surface area contributed by atoms with Crippen molar-refractivity contribution in [3.63, 3.8) is 0 Å². The number of nitrogen functional groups attached to an aromatic ring is 1. The summed E-state index contributed by atoms with van der Waals surface area (Å²) in [6.07, 6.45) is 1.86. The molecule has 0 radical (unpaired) electrons. The van der Waals surface area contributed by atoms with Gasteiger partial charge in [-0.1, -0.05) is 23.9 Å². The average Bonchev–Trinajstić information content (AvgIpc) is 3.15. The second-order valence-corrected chi connectivity index (χ2v) is 5.95. The molecule has 1 saturated heterocycles. The number of hydrogen-bond donors (Lipinski definition) is 2. The SMILES string of the molecule is Nn1c(SCc2ccc(C(=O)O)cc2)nnc1C1CCCO1. The molecule has 1 aliphatic rings. The molecule has 1 atom stereocenters. The number of ether oxygens (including phenoxy) is 1. The molecule has 0 saturated carbocycles. The van der Waals surface area contributed by atoms with Crippen molar-refractivity contribution < 1.29 is 14.6 Å². The van der Waals surface area contributed by atoms with Crippen LogP contribution in [0.3, 0.4) is 0 Å². The van der Waals surface area contributed by atoms with E-state index in [0.29, 0.717) is 16.7 Å². The minimum Gasteiger partial charge on any atom is -0.478 e. The number of aromatic nitrogens is 3. The number of thioether (sulfide) groups is 1. The summed E-state index contributed by atoms with van der Waals surface area (Å²) in [6.45, 7) is 0.732. The smallest absolute Gasteiger partial charge is 0.335 e. The van der Waals surface area contributed by atoms with Crippen molar-refractivity contribution in [2.75, 3.05) is 12.4 Å². The highest BCUT2D eigenvalue weighted by Crippen LogP contribution is 2.29. The van der Waals surface area contributed by atoms with Crippen molar-refractivity contribution in [2.45, 2.75) is 29.9 Å². The third kappa shape index (κ3) is 3.07. The van der Waals surface area contributed by atoms with E-state index in [2.05, 4.69) is 10.2 Å². The number of hydrogen-bond acceptors (Lipinski definition) is 6. The maximum atomic E-state index is 10.8. The second kappa shape index (κ2) is 6.37. The van der Waals surface area contributed by atoms with Gasteiger partial charge < -0.3 is 15.7 Å². The number of carboxylic acids is 1. The Hall–Kier alpha value is -2.06. The quantitative estimate of drug-likeness (QED) is 0.640. The molecule has 7 nitrogen and oxygen atoms in total. The molecule has 1 aromatic heterocycles. The van der Waals surface area contributed by atoms with E-state index in [-0.39, 0.29) is 11.7 Å². The minimum absolute atomic E-state index is 0.0679. The van der Waals surface area contributed by atoms with E-state index in [4.69, 9.17) is 15.7 Å². The lowest BCUT2D eigenvalue weighted by Crippen LogP contribution is -2.16. The van der Waals surface area contributed by atoms with Crippen molar-refractivity contribution in [1.82, 2.24) is 14.9 Å². The van der Waals surface area contributed by atoms with Gasteiger partial charge in [-0.2, -0.15) is 0 Å². The van der Waals surface area contributed by atoms with E-state index in [0.717, 1.165) is 25.0 Å². The first kappa shape index (κ1) is 14.9. The Morgan fingerprint density at radius 3 is 2.82 bits per heavy atom. The molecule has 1 aromatic carbocycles. The van der Waals surface area contributed by atoms with Gasteiger partial charge in [-0.25, -0.2) is 9.47 Å². The predicted molar refractivity (Wildman–Crippen MR) is 81.1 cm³/mol. The summed E-state index contributed by atoms with van der Waals surface area (Å²) in [5.41, 5.74) is 1.27. The Morgan fingerprint density at radius 1 is 1.41 bits per heavy atom. The monoisotopic (exact) mass is 320 g/mol. The first-order valence-corrected chi connectivity index (χ1v) is 7.90. The van der Waals surface area contributed by atoms with Crippen LogP contribution in [0.5, 0.6) is 0 Å². The Bertz CT molecular complexity index is 665. The van der Waals surface area contributed by atoms with Gasteiger partial charge in [0.1, 0.15) is 6.10 Å². The Morgan fingerprint density at radius 2 is 2.18 bits per heavy atom. The zero-order valence-electron chi connectivity index (χ0n) is 11.8. The Kier molecular flexibility index (Phi) is 4.30. The van der Waals surface area contributed by atoms with E-state index in [9.17, 15) is 4.79 Å². The van der Waals surface area contributed by atoms with Gasteiger partial charge in [0.05, 0.1) is 5.56 Å². The number of carboxylic acid groups (broad SMARTS) is 1. The van der Waals surface area contributed by atoms with Crippen LogP contribution in [0.2, 0.25) is 0 Å². The molecule has 0 spiro atoms. The van der Waals surface area contributed by atoms with Crippen molar-refractivity contribution in [3.8, 4) is 0 Å². The fraction of sp³-hybridized carbons (Fsp3) is 0.357. The number of aromatic carboxylic acids is 1. The van der Waals surface area contributed by atoms with Crippen LogP contribution < -0.4 is 5.84 Å². The number of carbonyl (C=O) groups is 1. The lowest BCUT2D eigenvalue weighted by Gasteiger charge is -2.08. The fourth-order valence-corrected chi connectivity index (χ4v) is 3.10. The summed E-state index contributed by atoms with van der Waals surface area (Å²) in [5.74, 6) is 6.39. The molecule has 116 valence electrons. The molecule has 3 rings (SSSR count). The van der Waals surface area contributed by atoms with Crippen LogP contribution in [0.15, 0.2) is 29.4 Å². The van der Waals surface area contributed by atoms with Gasteiger partial charge in [-0.15, -0.1) is 10.2 Å². The van der Waals surface area contributed by atoms with E-state index >= 15 is 0 Å². The van der Waals surface area contributed by atoms with Crippen molar-refractivity contribution in [1.29, 1.82) is 0 Å². The third-order valence-corrected chi connectivity index (χ3v) is 4.49. The molecular formula is C14H16N4O3S. The van der Waals surface area contributed by atoms with Crippen LogP contribution in [0.25, 0.3) is 0 Å². The Balaban J connectivity index is 1.65. The molecule has 22 heavy (non-hydrogen) atoms. The molecule has 2 heterocycles. The van der Waals surface area contributed by atoms with Gasteiger partial charge in [-0.05, 0) is 30.5 Å². The lowest BCUT2D eigenvalue weighted by molar-refractivity contribution is 0.0697. The normalized spacial score (nSPS) is 17.7. The zero-order chi connectivity index (χ0) is 15.5. The van der Waals surface area contributed by atoms with Crippen LogP contribution in [-0.4, -0.2) is 32.6 Å². The highest BCUT2D eigenvalue weighted by atomic mass is 32.2. The molecule has 0 aliphatic carbocycles. The van der Waals surface area contributed by atoms with Crippen LogP contribution in [0, 0.1) is 0 Å². The molecule has 2 aromatic rings.